The average Bonchev–Trinajstić information content (AvgIpc) is 2.96. The lowest BCUT2D eigenvalue weighted by atomic mass is 10.2. The fraction of sp³-hybridized carbons (Fsp3) is 0.357. The maximum atomic E-state index is 13.1. The third-order valence-corrected chi connectivity index (χ3v) is 3.89. The topological polar surface area (TPSA) is 94.0 Å². The summed E-state index contributed by atoms with van der Waals surface area (Å²) in [4.78, 5) is 16.2. The van der Waals surface area contributed by atoms with Gasteiger partial charge in [-0.2, -0.15) is 0 Å². The van der Waals surface area contributed by atoms with Crippen LogP contribution in [-0.2, 0) is 5.75 Å². The van der Waals surface area contributed by atoms with Gasteiger partial charge in [0.15, 0.2) is 0 Å². The van der Waals surface area contributed by atoms with E-state index in [2.05, 4.69) is 15.5 Å². The number of nitrogens with zero attached hydrogens (tertiary/aromatic N) is 2. The molecular formula is C14H16F2N4O2S. The standard InChI is InChI=1S/C14H16F2N4O2S/c1-9-5-10(20-22-9)6-23-13-11(3-2-4-18-13)12(21)19-8-14(15,16)7-17/h2-5H,6-8,17H2,1H3,(H,19,21). The number of aryl methyl sites for hydroxylation is 1. The monoisotopic (exact) mass is 342 g/mol. The minimum atomic E-state index is -3.14. The summed E-state index contributed by atoms with van der Waals surface area (Å²) in [6.45, 7) is 0.135. The van der Waals surface area contributed by atoms with Crippen LogP contribution in [0.3, 0.4) is 0 Å². The maximum absolute atomic E-state index is 13.1. The van der Waals surface area contributed by atoms with Gasteiger partial charge in [0.2, 0.25) is 0 Å². The molecule has 2 rings (SSSR count). The van der Waals surface area contributed by atoms with Crippen LogP contribution in [0, 0.1) is 6.92 Å². The number of aromatic nitrogens is 2. The Balaban J connectivity index is 2.03. The third-order valence-electron chi connectivity index (χ3n) is 2.86. The van der Waals surface area contributed by atoms with Crippen LogP contribution in [0.2, 0.25) is 0 Å². The van der Waals surface area contributed by atoms with Gasteiger partial charge in [-0.15, -0.1) is 0 Å². The van der Waals surface area contributed by atoms with Crippen LogP contribution in [-0.4, -0.2) is 35.1 Å². The SMILES string of the molecule is Cc1cc(CSc2ncccc2C(=O)NCC(F)(F)CN)no1. The molecule has 2 heterocycles. The summed E-state index contributed by atoms with van der Waals surface area (Å²) in [5.74, 6) is -2.62. The van der Waals surface area contributed by atoms with Crippen molar-refractivity contribution in [2.45, 2.75) is 23.6 Å². The Morgan fingerprint density at radius 2 is 2.30 bits per heavy atom. The van der Waals surface area contributed by atoms with E-state index in [1.807, 2.05) is 0 Å². The molecule has 0 aromatic carbocycles. The van der Waals surface area contributed by atoms with E-state index >= 15 is 0 Å². The third kappa shape index (κ3) is 5.00. The molecule has 0 atom stereocenters. The van der Waals surface area contributed by atoms with Gasteiger partial charge in [0.1, 0.15) is 10.8 Å². The van der Waals surface area contributed by atoms with Crippen LogP contribution in [0.25, 0.3) is 0 Å². The zero-order chi connectivity index (χ0) is 16.9. The Bertz CT molecular complexity index is 678. The minimum Gasteiger partial charge on any atom is -0.361 e. The number of pyridine rings is 1. The number of nitrogens with two attached hydrogens (primary N) is 1. The Hall–Kier alpha value is -2.00. The van der Waals surface area contributed by atoms with Crippen molar-refractivity contribution in [3.63, 3.8) is 0 Å². The van der Waals surface area contributed by atoms with Gasteiger partial charge in [-0.25, -0.2) is 13.8 Å². The molecule has 0 spiro atoms. The second-order valence-corrected chi connectivity index (χ2v) is 5.78. The molecule has 2 aromatic rings. The Kier molecular flexibility index (Phi) is 5.67. The van der Waals surface area contributed by atoms with Crippen molar-refractivity contribution in [3.05, 3.63) is 41.4 Å². The van der Waals surface area contributed by atoms with Gasteiger partial charge >= 0.3 is 0 Å². The molecule has 0 aliphatic rings. The molecule has 0 saturated heterocycles. The van der Waals surface area contributed by atoms with E-state index in [1.54, 1.807) is 19.1 Å². The number of hydrogen-bond acceptors (Lipinski definition) is 6. The summed E-state index contributed by atoms with van der Waals surface area (Å²) < 4.78 is 31.2. The van der Waals surface area contributed by atoms with Crippen molar-refractivity contribution in [2.75, 3.05) is 13.1 Å². The van der Waals surface area contributed by atoms with Crippen LogP contribution in [0.1, 0.15) is 21.8 Å². The highest BCUT2D eigenvalue weighted by molar-refractivity contribution is 7.98. The zero-order valence-electron chi connectivity index (χ0n) is 12.4. The van der Waals surface area contributed by atoms with Gasteiger partial charge in [-0.3, -0.25) is 4.79 Å². The number of rotatable bonds is 7. The molecule has 0 unspecified atom stereocenters. The number of hydrogen-bond donors (Lipinski definition) is 2. The predicted octanol–water partition coefficient (Wildman–Crippen LogP) is 1.99. The van der Waals surface area contributed by atoms with Crippen molar-refractivity contribution >= 4 is 17.7 Å². The van der Waals surface area contributed by atoms with E-state index < -0.39 is 24.9 Å². The molecule has 6 nitrogen and oxygen atoms in total. The fourth-order valence-corrected chi connectivity index (χ4v) is 2.56. The molecule has 23 heavy (non-hydrogen) atoms. The quantitative estimate of drug-likeness (QED) is 0.748. The number of carbonyl (C=O) groups excluding carboxylic acids is 1. The van der Waals surface area contributed by atoms with Gasteiger partial charge < -0.3 is 15.6 Å². The van der Waals surface area contributed by atoms with Gasteiger partial charge in [0, 0.05) is 18.0 Å². The lowest BCUT2D eigenvalue weighted by Gasteiger charge is -2.15. The van der Waals surface area contributed by atoms with Crippen molar-refractivity contribution in [1.29, 1.82) is 0 Å². The lowest BCUT2D eigenvalue weighted by molar-refractivity contribution is 0.0118. The first-order valence-corrected chi connectivity index (χ1v) is 7.76. The predicted molar refractivity (Wildman–Crippen MR) is 81.4 cm³/mol. The van der Waals surface area contributed by atoms with Crippen molar-refractivity contribution in [3.8, 4) is 0 Å². The summed E-state index contributed by atoms with van der Waals surface area (Å²) in [5.41, 5.74) is 5.88. The average molecular weight is 342 g/mol. The molecule has 0 radical (unpaired) electrons. The van der Waals surface area contributed by atoms with Crippen LogP contribution in [0.5, 0.6) is 0 Å². The first-order valence-electron chi connectivity index (χ1n) is 6.77. The number of thioether (sulfide) groups is 1. The molecule has 124 valence electrons. The normalized spacial score (nSPS) is 11.5. The van der Waals surface area contributed by atoms with Gasteiger partial charge in [0.05, 0.1) is 24.3 Å². The molecule has 2 aromatic heterocycles. The molecule has 9 heteroatoms. The molecular weight excluding hydrogens is 326 g/mol. The van der Waals surface area contributed by atoms with E-state index in [-0.39, 0.29) is 5.56 Å². The summed E-state index contributed by atoms with van der Waals surface area (Å²) >= 11 is 1.27. The molecule has 1 amide bonds. The highest BCUT2D eigenvalue weighted by atomic mass is 32.2. The largest absolute Gasteiger partial charge is 0.361 e. The first-order chi connectivity index (χ1) is 10.9. The Morgan fingerprint density at radius 1 is 1.52 bits per heavy atom. The molecule has 0 fully saturated rings. The molecule has 0 saturated carbocycles. The Labute approximate surface area is 135 Å². The van der Waals surface area contributed by atoms with E-state index in [0.717, 1.165) is 0 Å². The van der Waals surface area contributed by atoms with E-state index in [1.165, 1.54) is 24.0 Å². The lowest BCUT2D eigenvalue weighted by Crippen LogP contribution is -2.41. The van der Waals surface area contributed by atoms with Gasteiger partial charge in [-0.05, 0) is 19.1 Å². The molecule has 0 bridgehead atoms. The zero-order valence-corrected chi connectivity index (χ0v) is 13.2. The van der Waals surface area contributed by atoms with E-state index in [0.29, 0.717) is 22.2 Å². The van der Waals surface area contributed by atoms with Crippen molar-refractivity contribution in [1.82, 2.24) is 15.5 Å². The molecule has 3 N–H and O–H groups in total. The number of alkyl halides is 2. The van der Waals surface area contributed by atoms with Crippen LogP contribution >= 0.6 is 11.8 Å². The van der Waals surface area contributed by atoms with Gasteiger partial charge in [-0.1, -0.05) is 16.9 Å². The summed E-state index contributed by atoms with van der Waals surface area (Å²) in [7, 11) is 0. The Morgan fingerprint density at radius 3 is 2.96 bits per heavy atom. The number of halogens is 2. The number of carbonyl (C=O) groups is 1. The maximum Gasteiger partial charge on any atom is 0.277 e. The summed E-state index contributed by atoms with van der Waals surface area (Å²) in [6.07, 6.45) is 1.53. The summed E-state index contributed by atoms with van der Waals surface area (Å²) in [6, 6.07) is 4.87. The van der Waals surface area contributed by atoms with Crippen molar-refractivity contribution < 1.29 is 18.1 Å². The first kappa shape index (κ1) is 17.4. The highest BCUT2D eigenvalue weighted by Gasteiger charge is 2.27. The number of amides is 1. The second-order valence-electron chi connectivity index (χ2n) is 4.82. The number of nitrogens with one attached hydrogen (secondary N) is 1. The van der Waals surface area contributed by atoms with Crippen molar-refractivity contribution in [2.24, 2.45) is 5.73 Å². The smallest absolute Gasteiger partial charge is 0.277 e. The highest BCUT2D eigenvalue weighted by Crippen LogP contribution is 2.24. The minimum absolute atomic E-state index is 0.227. The van der Waals surface area contributed by atoms with E-state index in [4.69, 9.17) is 10.3 Å². The molecule has 0 aliphatic carbocycles. The van der Waals surface area contributed by atoms with Gasteiger partial charge in [0.25, 0.3) is 11.8 Å². The summed E-state index contributed by atoms with van der Waals surface area (Å²) in [5, 5.41) is 6.46. The van der Waals surface area contributed by atoms with Crippen LogP contribution < -0.4 is 11.1 Å². The van der Waals surface area contributed by atoms with E-state index in [9.17, 15) is 13.6 Å². The second kappa shape index (κ2) is 7.51. The van der Waals surface area contributed by atoms with Crippen LogP contribution in [0.4, 0.5) is 8.78 Å². The fourth-order valence-electron chi connectivity index (χ4n) is 1.68. The molecule has 0 aliphatic heterocycles. The van der Waals surface area contributed by atoms with Crippen LogP contribution in [0.15, 0.2) is 33.9 Å².